The van der Waals surface area contributed by atoms with E-state index in [2.05, 4.69) is 5.32 Å². The standard InChI is InChI=1S/C12H13NO3S/c1-17-8-4-2-7(3-5-8)9-6-13-11(14)10(9)12(15)16/h2-5,9-10H,6H2,1H3,(H,13,14)(H,15,16). The van der Waals surface area contributed by atoms with Gasteiger partial charge in [0.25, 0.3) is 0 Å². The Kier molecular flexibility index (Phi) is 3.38. The van der Waals surface area contributed by atoms with Gasteiger partial charge in [0.15, 0.2) is 0 Å². The van der Waals surface area contributed by atoms with Crippen LogP contribution in [0.3, 0.4) is 0 Å². The summed E-state index contributed by atoms with van der Waals surface area (Å²) >= 11 is 1.63. The quantitative estimate of drug-likeness (QED) is 0.628. The van der Waals surface area contributed by atoms with E-state index in [1.54, 1.807) is 11.8 Å². The van der Waals surface area contributed by atoms with Crippen molar-refractivity contribution in [1.82, 2.24) is 5.32 Å². The van der Waals surface area contributed by atoms with Gasteiger partial charge in [-0.2, -0.15) is 0 Å². The number of amides is 1. The van der Waals surface area contributed by atoms with Crippen molar-refractivity contribution < 1.29 is 14.7 Å². The second-order valence-electron chi connectivity index (χ2n) is 3.94. The van der Waals surface area contributed by atoms with Crippen LogP contribution in [-0.2, 0) is 9.59 Å². The number of hydrogen-bond donors (Lipinski definition) is 2. The van der Waals surface area contributed by atoms with Gasteiger partial charge in [0, 0.05) is 17.4 Å². The van der Waals surface area contributed by atoms with Gasteiger partial charge >= 0.3 is 5.97 Å². The average Bonchev–Trinajstić information content (AvgIpc) is 2.71. The van der Waals surface area contributed by atoms with Crippen LogP contribution in [0.4, 0.5) is 0 Å². The highest BCUT2D eigenvalue weighted by Crippen LogP contribution is 2.30. The highest BCUT2D eigenvalue weighted by Gasteiger charge is 2.40. The molecule has 1 saturated heterocycles. The van der Waals surface area contributed by atoms with Gasteiger partial charge in [0.05, 0.1) is 0 Å². The first kappa shape index (κ1) is 12.0. The fourth-order valence-electron chi connectivity index (χ4n) is 2.07. The summed E-state index contributed by atoms with van der Waals surface area (Å²) in [5.41, 5.74) is 0.897. The summed E-state index contributed by atoms with van der Waals surface area (Å²) in [6, 6.07) is 7.68. The molecule has 0 aliphatic carbocycles. The van der Waals surface area contributed by atoms with Crippen molar-refractivity contribution in [3.63, 3.8) is 0 Å². The average molecular weight is 251 g/mol. The minimum absolute atomic E-state index is 0.268. The Bertz CT molecular complexity index is 444. The lowest BCUT2D eigenvalue weighted by molar-refractivity contribution is -0.145. The van der Waals surface area contributed by atoms with Gasteiger partial charge in [-0.25, -0.2) is 0 Å². The number of rotatable bonds is 3. The number of carboxylic acid groups (broad SMARTS) is 1. The maximum atomic E-state index is 11.4. The third kappa shape index (κ3) is 2.29. The van der Waals surface area contributed by atoms with Crippen molar-refractivity contribution in [1.29, 1.82) is 0 Å². The van der Waals surface area contributed by atoms with Crippen LogP contribution in [0.25, 0.3) is 0 Å². The molecule has 1 aromatic carbocycles. The van der Waals surface area contributed by atoms with Crippen LogP contribution in [-0.4, -0.2) is 29.8 Å². The minimum atomic E-state index is -1.06. The first-order chi connectivity index (χ1) is 8.13. The molecule has 4 nitrogen and oxygen atoms in total. The zero-order valence-electron chi connectivity index (χ0n) is 9.34. The Labute approximate surface area is 103 Å². The van der Waals surface area contributed by atoms with Crippen molar-refractivity contribution in [3.8, 4) is 0 Å². The van der Waals surface area contributed by atoms with Crippen LogP contribution in [0.15, 0.2) is 29.2 Å². The molecule has 2 unspecified atom stereocenters. The van der Waals surface area contributed by atoms with Gasteiger partial charge in [0.1, 0.15) is 5.92 Å². The summed E-state index contributed by atoms with van der Waals surface area (Å²) in [5.74, 6) is -2.68. The Morgan fingerprint density at radius 1 is 1.41 bits per heavy atom. The number of benzene rings is 1. The molecular weight excluding hydrogens is 238 g/mol. The van der Waals surface area contributed by atoms with Crippen molar-refractivity contribution in [2.75, 3.05) is 12.8 Å². The Morgan fingerprint density at radius 3 is 2.59 bits per heavy atom. The van der Waals surface area contributed by atoms with E-state index in [9.17, 15) is 9.59 Å². The van der Waals surface area contributed by atoms with Crippen LogP contribution >= 0.6 is 11.8 Å². The largest absolute Gasteiger partial charge is 0.481 e. The van der Waals surface area contributed by atoms with Crippen molar-refractivity contribution in [2.24, 2.45) is 5.92 Å². The number of carbonyl (C=O) groups is 2. The van der Waals surface area contributed by atoms with E-state index in [-0.39, 0.29) is 5.92 Å². The zero-order valence-corrected chi connectivity index (χ0v) is 10.2. The van der Waals surface area contributed by atoms with Gasteiger partial charge in [-0.3, -0.25) is 9.59 Å². The maximum Gasteiger partial charge on any atom is 0.316 e. The molecule has 5 heteroatoms. The van der Waals surface area contributed by atoms with Crippen LogP contribution in [0, 0.1) is 5.92 Å². The topological polar surface area (TPSA) is 66.4 Å². The fourth-order valence-corrected chi connectivity index (χ4v) is 2.47. The third-order valence-electron chi connectivity index (χ3n) is 2.99. The molecule has 0 aromatic heterocycles. The molecule has 0 spiro atoms. The van der Waals surface area contributed by atoms with Crippen molar-refractivity contribution >= 4 is 23.6 Å². The molecule has 0 bridgehead atoms. The van der Waals surface area contributed by atoms with E-state index in [1.165, 1.54) is 0 Å². The highest BCUT2D eigenvalue weighted by molar-refractivity contribution is 7.98. The zero-order chi connectivity index (χ0) is 12.4. The summed E-state index contributed by atoms with van der Waals surface area (Å²) in [6.07, 6.45) is 1.98. The summed E-state index contributed by atoms with van der Waals surface area (Å²) in [6.45, 7) is 0.397. The number of thioether (sulfide) groups is 1. The summed E-state index contributed by atoms with van der Waals surface area (Å²) < 4.78 is 0. The predicted octanol–water partition coefficient (Wildman–Crippen LogP) is 1.32. The lowest BCUT2D eigenvalue weighted by Crippen LogP contribution is -2.26. The lowest BCUT2D eigenvalue weighted by atomic mass is 9.89. The Balaban J connectivity index is 2.26. The van der Waals surface area contributed by atoms with Crippen molar-refractivity contribution in [2.45, 2.75) is 10.8 Å². The van der Waals surface area contributed by atoms with E-state index in [0.29, 0.717) is 6.54 Å². The highest BCUT2D eigenvalue weighted by atomic mass is 32.2. The smallest absolute Gasteiger partial charge is 0.316 e. The molecule has 2 N–H and O–H groups in total. The Morgan fingerprint density at radius 2 is 2.06 bits per heavy atom. The Hall–Kier alpha value is -1.49. The van der Waals surface area contributed by atoms with E-state index in [4.69, 9.17) is 5.11 Å². The van der Waals surface area contributed by atoms with E-state index in [1.807, 2.05) is 30.5 Å². The molecular formula is C12H13NO3S. The maximum absolute atomic E-state index is 11.4. The molecule has 2 atom stereocenters. The predicted molar refractivity (Wildman–Crippen MR) is 65.1 cm³/mol. The van der Waals surface area contributed by atoms with Gasteiger partial charge in [-0.15, -0.1) is 11.8 Å². The fraction of sp³-hybridized carbons (Fsp3) is 0.333. The molecule has 1 aromatic rings. The van der Waals surface area contributed by atoms with E-state index in [0.717, 1.165) is 10.5 Å². The van der Waals surface area contributed by atoms with Gasteiger partial charge in [-0.1, -0.05) is 12.1 Å². The third-order valence-corrected chi connectivity index (χ3v) is 3.73. The van der Waals surface area contributed by atoms with Crippen LogP contribution in [0.2, 0.25) is 0 Å². The first-order valence-electron chi connectivity index (χ1n) is 5.28. The van der Waals surface area contributed by atoms with Crippen molar-refractivity contribution in [3.05, 3.63) is 29.8 Å². The van der Waals surface area contributed by atoms with Crippen LogP contribution in [0.5, 0.6) is 0 Å². The monoisotopic (exact) mass is 251 g/mol. The first-order valence-corrected chi connectivity index (χ1v) is 6.50. The molecule has 1 amide bonds. The molecule has 2 rings (SSSR count). The number of nitrogens with one attached hydrogen (secondary N) is 1. The summed E-state index contributed by atoms with van der Waals surface area (Å²) in [7, 11) is 0. The number of carboxylic acids is 1. The van der Waals surface area contributed by atoms with Gasteiger partial charge < -0.3 is 10.4 Å². The molecule has 1 aliphatic heterocycles. The van der Waals surface area contributed by atoms with Crippen LogP contribution in [0.1, 0.15) is 11.5 Å². The molecule has 1 fully saturated rings. The normalized spacial score (nSPS) is 23.5. The number of hydrogen-bond acceptors (Lipinski definition) is 3. The van der Waals surface area contributed by atoms with Gasteiger partial charge in [0.2, 0.25) is 5.91 Å². The molecule has 1 aliphatic rings. The minimum Gasteiger partial charge on any atom is -0.481 e. The number of aliphatic carboxylic acids is 1. The second-order valence-corrected chi connectivity index (χ2v) is 4.82. The number of carbonyl (C=O) groups excluding carboxylic acids is 1. The molecule has 17 heavy (non-hydrogen) atoms. The molecule has 0 radical (unpaired) electrons. The van der Waals surface area contributed by atoms with Crippen LogP contribution < -0.4 is 5.32 Å². The lowest BCUT2D eigenvalue weighted by Gasteiger charge is -2.13. The second kappa shape index (κ2) is 4.79. The van der Waals surface area contributed by atoms with Gasteiger partial charge in [-0.05, 0) is 24.0 Å². The SMILES string of the molecule is CSc1ccc(C2CNC(=O)C2C(=O)O)cc1. The van der Waals surface area contributed by atoms with E-state index < -0.39 is 17.8 Å². The molecule has 1 heterocycles. The summed E-state index contributed by atoms with van der Waals surface area (Å²) in [5, 5.41) is 11.7. The summed E-state index contributed by atoms with van der Waals surface area (Å²) in [4.78, 5) is 23.6. The molecule has 0 saturated carbocycles. The molecule has 90 valence electrons. The van der Waals surface area contributed by atoms with E-state index >= 15 is 0 Å².